The molecule has 1 N–H and O–H groups in total. The molecule has 0 saturated carbocycles. The summed E-state index contributed by atoms with van der Waals surface area (Å²) in [4.78, 5) is 4.13. The zero-order valence-electron chi connectivity index (χ0n) is 7.15. The van der Waals surface area contributed by atoms with Crippen LogP contribution in [0.25, 0.3) is 0 Å². The van der Waals surface area contributed by atoms with Crippen LogP contribution < -0.4 is 0 Å². The van der Waals surface area contributed by atoms with E-state index in [9.17, 15) is 4.21 Å². The second-order valence-electron chi connectivity index (χ2n) is 2.45. The summed E-state index contributed by atoms with van der Waals surface area (Å²) in [5.41, 5.74) is 0.273. The molecule has 0 spiro atoms. The fourth-order valence-corrected chi connectivity index (χ4v) is 1.65. The van der Waals surface area contributed by atoms with Crippen LogP contribution in [-0.4, -0.2) is 14.9 Å². The quantitative estimate of drug-likeness (QED) is 0.774. The Balaban J connectivity index is 3.15. The van der Waals surface area contributed by atoms with Gasteiger partial charge in [-0.2, -0.15) is 5.26 Å². The van der Waals surface area contributed by atoms with Gasteiger partial charge in [-0.25, -0.2) is 14.0 Å². The molecule has 0 bridgehead atoms. The van der Waals surface area contributed by atoms with Crippen LogP contribution in [0.3, 0.4) is 0 Å². The van der Waals surface area contributed by atoms with Crippen LogP contribution in [-0.2, 0) is 9.73 Å². The Morgan fingerprint density at radius 1 is 1.69 bits per heavy atom. The van der Waals surface area contributed by atoms with Crippen LogP contribution in [0.2, 0.25) is 0 Å². The van der Waals surface area contributed by atoms with Crippen molar-refractivity contribution in [3.8, 4) is 6.07 Å². The summed E-state index contributed by atoms with van der Waals surface area (Å²) in [7, 11) is -2.70. The predicted molar refractivity (Wildman–Crippen MR) is 48.6 cm³/mol. The maximum atomic E-state index is 11.5. The Morgan fingerprint density at radius 3 is 2.77 bits per heavy atom. The zero-order valence-corrected chi connectivity index (χ0v) is 7.97. The molecule has 0 aliphatic heterocycles. The van der Waals surface area contributed by atoms with E-state index in [1.807, 2.05) is 6.07 Å². The summed E-state index contributed by atoms with van der Waals surface area (Å²) in [6.07, 6.45) is 1.33. The van der Waals surface area contributed by atoms with Gasteiger partial charge in [-0.15, -0.1) is 0 Å². The van der Waals surface area contributed by atoms with Crippen molar-refractivity contribution in [3.05, 3.63) is 24.0 Å². The Bertz CT molecular complexity index is 427. The zero-order chi connectivity index (χ0) is 9.90. The van der Waals surface area contributed by atoms with Crippen molar-refractivity contribution in [1.29, 1.82) is 10.0 Å². The van der Waals surface area contributed by atoms with Gasteiger partial charge in [0.1, 0.15) is 11.8 Å². The summed E-state index contributed by atoms with van der Waals surface area (Å²) < 4.78 is 18.9. The summed E-state index contributed by atoms with van der Waals surface area (Å²) in [6.45, 7) is 1.69. The number of nitriles is 1. The first-order valence-corrected chi connectivity index (χ1v) is 5.45. The van der Waals surface area contributed by atoms with Crippen LogP contribution in [0.1, 0.15) is 12.6 Å². The smallest absolute Gasteiger partial charge is 0.140 e. The first-order chi connectivity index (χ1) is 6.10. The molecule has 68 valence electrons. The highest BCUT2D eigenvalue weighted by atomic mass is 32.2. The molecule has 0 aliphatic carbocycles. The summed E-state index contributed by atoms with van der Waals surface area (Å²) >= 11 is 0. The Morgan fingerprint density at radius 2 is 2.38 bits per heavy atom. The molecule has 0 aliphatic rings. The molecule has 1 aromatic rings. The van der Waals surface area contributed by atoms with Crippen molar-refractivity contribution in [2.24, 2.45) is 0 Å². The van der Waals surface area contributed by atoms with Crippen molar-refractivity contribution in [2.75, 3.05) is 5.75 Å². The van der Waals surface area contributed by atoms with E-state index >= 15 is 0 Å². The van der Waals surface area contributed by atoms with E-state index < -0.39 is 9.73 Å². The van der Waals surface area contributed by atoms with Crippen LogP contribution in [0.15, 0.2) is 23.2 Å². The van der Waals surface area contributed by atoms with Crippen molar-refractivity contribution in [3.63, 3.8) is 0 Å². The minimum absolute atomic E-state index is 0.264. The van der Waals surface area contributed by atoms with Gasteiger partial charge < -0.3 is 0 Å². The number of hydrogen-bond donors (Lipinski definition) is 1. The first kappa shape index (κ1) is 9.68. The minimum atomic E-state index is -2.70. The van der Waals surface area contributed by atoms with Gasteiger partial charge in [0.05, 0.1) is 14.6 Å². The number of aromatic nitrogens is 1. The highest BCUT2D eigenvalue weighted by Gasteiger charge is 2.06. The molecule has 1 atom stereocenters. The highest BCUT2D eigenvalue weighted by Crippen LogP contribution is 2.10. The molecule has 0 radical (unpaired) electrons. The van der Waals surface area contributed by atoms with E-state index in [0.29, 0.717) is 4.90 Å². The number of nitrogens with zero attached hydrogens (tertiary/aromatic N) is 2. The first-order valence-electron chi connectivity index (χ1n) is 3.73. The number of hydrogen-bond acceptors (Lipinski definition) is 4. The number of nitrogens with one attached hydrogen (secondary N) is 1. The van der Waals surface area contributed by atoms with Gasteiger partial charge in [-0.3, -0.25) is 0 Å². The SMILES string of the molecule is CCS(=N)(=O)c1ccc(C#N)nc1. The summed E-state index contributed by atoms with van der Waals surface area (Å²) in [5, 5.41) is 8.46. The molecule has 1 heterocycles. The lowest BCUT2D eigenvalue weighted by atomic mass is 10.4. The van der Waals surface area contributed by atoms with Gasteiger partial charge >= 0.3 is 0 Å². The molecule has 1 unspecified atom stereocenters. The van der Waals surface area contributed by atoms with Crippen LogP contribution in [0, 0.1) is 16.1 Å². The van der Waals surface area contributed by atoms with E-state index in [1.165, 1.54) is 18.3 Å². The van der Waals surface area contributed by atoms with Gasteiger partial charge in [0.25, 0.3) is 0 Å². The molecule has 0 amide bonds. The van der Waals surface area contributed by atoms with Gasteiger partial charge in [-0.05, 0) is 12.1 Å². The minimum Gasteiger partial charge on any atom is -0.249 e. The van der Waals surface area contributed by atoms with Crippen molar-refractivity contribution in [2.45, 2.75) is 11.8 Å². The normalized spacial score (nSPS) is 14.5. The lowest BCUT2D eigenvalue weighted by molar-refractivity contribution is 0.675. The predicted octanol–water partition coefficient (Wildman–Crippen LogP) is 1.38. The topological polar surface area (TPSA) is 77.6 Å². The average molecular weight is 195 g/mol. The molecule has 1 rings (SSSR count). The Kier molecular flexibility index (Phi) is 2.63. The Hall–Kier alpha value is -1.41. The van der Waals surface area contributed by atoms with E-state index in [1.54, 1.807) is 6.92 Å². The molecule has 5 heteroatoms. The van der Waals surface area contributed by atoms with Gasteiger partial charge in [0.15, 0.2) is 0 Å². The number of pyridine rings is 1. The van der Waals surface area contributed by atoms with Crippen molar-refractivity contribution < 1.29 is 4.21 Å². The molecular formula is C8H9N3OS. The van der Waals surface area contributed by atoms with E-state index in [2.05, 4.69) is 4.98 Å². The van der Waals surface area contributed by atoms with Crippen LogP contribution >= 0.6 is 0 Å². The molecule has 0 aromatic carbocycles. The van der Waals surface area contributed by atoms with E-state index in [-0.39, 0.29) is 11.4 Å². The molecule has 0 saturated heterocycles. The third-order valence-electron chi connectivity index (χ3n) is 1.64. The second kappa shape index (κ2) is 3.54. The highest BCUT2D eigenvalue weighted by molar-refractivity contribution is 7.92. The lowest BCUT2D eigenvalue weighted by Crippen LogP contribution is -2.02. The molecular weight excluding hydrogens is 186 g/mol. The van der Waals surface area contributed by atoms with Crippen molar-refractivity contribution >= 4 is 9.73 Å². The van der Waals surface area contributed by atoms with Crippen LogP contribution in [0.5, 0.6) is 0 Å². The van der Waals surface area contributed by atoms with Gasteiger partial charge in [0.2, 0.25) is 0 Å². The lowest BCUT2D eigenvalue weighted by Gasteiger charge is -2.02. The van der Waals surface area contributed by atoms with Gasteiger partial charge in [0, 0.05) is 11.9 Å². The summed E-state index contributed by atoms with van der Waals surface area (Å²) in [6, 6.07) is 4.85. The summed E-state index contributed by atoms with van der Waals surface area (Å²) in [5.74, 6) is 0.264. The second-order valence-corrected chi connectivity index (χ2v) is 4.85. The van der Waals surface area contributed by atoms with E-state index in [0.717, 1.165) is 0 Å². The average Bonchev–Trinajstić information content (AvgIpc) is 2.18. The van der Waals surface area contributed by atoms with Crippen molar-refractivity contribution in [1.82, 2.24) is 4.98 Å². The number of rotatable bonds is 2. The molecule has 4 nitrogen and oxygen atoms in total. The third kappa shape index (κ3) is 2.04. The molecule has 1 aromatic heterocycles. The van der Waals surface area contributed by atoms with E-state index in [4.69, 9.17) is 10.0 Å². The van der Waals surface area contributed by atoms with Crippen LogP contribution in [0.4, 0.5) is 0 Å². The molecule has 0 fully saturated rings. The third-order valence-corrected chi connectivity index (χ3v) is 3.45. The molecule has 13 heavy (non-hydrogen) atoms. The standard InChI is InChI=1S/C8H9N3OS/c1-2-13(10,12)8-4-3-7(5-9)11-6-8/h3-4,6,10H,2H2,1H3. The maximum Gasteiger partial charge on any atom is 0.140 e. The maximum absolute atomic E-state index is 11.5. The fraction of sp³-hybridized carbons (Fsp3) is 0.250. The monoisotopic (exact) mass is 195 g/mol. The fourth-order valence-electron chi connectivity index (χ4n) is 0.808. The largest absolute Gasteiger partial charge is 0.249 e. The van der Waals surface area contributed by atoms with Gasteiger partial charge in [-0.1, -0.05) is 6.92 Å². The Labute approximate surface area is 77.2 Å².